The van der Waals surface area contributed by atoms with E-state index < -0.39 is 0 Å². The lowest BCUT2D eigenvalue weighted by molar-refractivity contribution is -0.120. The molecule has 2 N–H and O–H groups in total. The third-order valence-corrected chi connectivity index (χ3v) is 3.31. The normalized spacial score (nSPS) is 10.5. The molecule has 0 atom stereocenters. The van der Waals surface area contributed by atoms with Gasteiger partial charge in [0.15, 0.2) is 0 Å². The fourth-order valence-electron chi connectivity index (χ4n) is 1.91. The molecule has 1 aromatic heterocycles. The van der Waals surface area contributed by atoms with Crippen LogP contribution in [0.4, 0.5) is 0 Å². The van der Waals surface area contributed by atoms with Gasteiger partial charge in [0.2, 0.25) is 5.91 Å². The first-order valence-corrected chi connectivity index (χ1v) is 7.36. The number of nitrogens with one attached hydrogen (secondary N) is 2. The molecule has 0 fully saturated rings. The molecule has 0 saturated carbocycles. The van der Waals surface area contributed by atoms with Crippen LogP contribution in [0.5, 0.6) is 0 Å². The second-order valence-electron chi connectivity index (χ2n) is 4.73. The van der Waals surface area contributed by atoms with Gasteiger partial charge in [0.1, 0.15) is 5.76 Å². The summed E-state index contributed by atoms with van der Waals surface area (Å²) in [6.45, 7) is 1.91. The van der Waals surface area contributed by atoms with Crippen LogP contribution in [-0.2, 0) is 17.8 Å². The number of carbonyl (C=O) groups excluding carboxylic acids is 1. The molecule has 2 aromatic rings. The SMILES string of the molecule is O=C(CCNCc1ccco1)NCCc1ccc(Cl)cc1. The fraction of sp³-hybridized carbons (Fsp3) is 0.312. The molecule has 0 spiro atoms. The first-order chi connectivity index (χ1) is 10.2. The largest absolute Gasteiger partial charge is 0.468 e. The Morgan fingerprint density at radius 2 is 1.95 bits per heavy atom. The lowest BCUT2D eigenvalue weighted by Gasteiger charge is -2.06. The van der Waals surface area contributed by atoms with Crippen LogP contribution < -0.4 is 10.6 Å². The van der Waals surface area contributed by atoms with Gasteiger partial charge in [0.05, 0.1) is 12.8 Å². The van der Waals surface area contributed by atoms with Crippen LogP contribution in [0.25, 0.3) is 0 Å². The van der Waals surface area contributed by atoms with Crippen molar-refractivity contribution in [1.82, 2.24) is 10.6 Å². The second-order valence-corrected chi connectivity index (χ2v) is 5.17. The van der Waals surface area contributed by atoms with E-state index in [-0.39, 0.29) is 5.91 Å². The van der Waals surface area contributed by atoms with Crippen LogP contribution in [0.2, 0.25) is 5.02 Å². The van der Waals surface area contributed by atoms with E-state index in [2.05, 4.69) is 10.6 Å². The van der Waals surface area contributed by atoms with Gasteiger partial charge in [-0.1, -0.05) is 23.7 Å². The maximum atomic E-state index is 11.7. The zero-order valence-corrected chi connectivity index (χ0v) is 12.5. The molecule has 4 nitrogen and oxygen atoms in total. The summed E-state index contributed by atoms with van der Waals surface area (Å²) in [5.41, 5.74) is 1.16. The van der Waals surface area contributed by atoms with Gasteiger partial charge in [0.25, 0.3) is 0 Å². The summed E-state index contributed by atoms with van der Waals surface area (Å²) in [4.78, 5) is 11.7. The zero-order valence-electron chi connectivity index (χ0n) is 11.8. The van der Waals surface area contributed by atoms with Crippen molar-refractivity contribution >= 4 is 17.5 Å². The minimum absolute atomic E-state index is 0.0518. The van der Waals surface area contributed by atoms with Gasteiger partial charge in [-0.3, -0.25) is 4.79 Å². The van der Waals surface area contributed by atoms with Crippen molar-refractivity contribution in [2.45, 2.75) is 19.4 Å². The smallest absolute Gasteiger partial charge is 0.221 e. The number of rotatable bonds is 8. The van der Waals surface area contributed by atoms with E-state index in [9.17, 15) is 4.79 Å². The minimum Gasteiger partial charge on any atom is -0.468 e. The number of benzene rings is 1. The van der Waals surface area contributed by atoms with Crippen LogP contribution in [0.1, 0.15) is 17.7 Å². The molecule has 0 bridgehead atoms. The Balaban J connectivity index is 1.54. The molecular weight excluding hydrogens is 288 g/mol. The number of carbonyl (C=O) groups is 1. The molecule has 1 aromatic carbocycles. The van der Waals surface area contributed by atoms with E-state index in [1.54, 1.807) is 6.26 Å². The van der Waals surface area contributed by atoms with Crippen molar-refractivity contribution in [3.63, 3.8) is 0 Å². The molecule has 0 aliphatic rings. The van der Waals surface area contributed by atoms with Crippen molar-refractivity contribution in [3.8, 4) is 0 Å². The van der Waals surface area contributed by atoms with Crippen LogP contribution >= 0.6 is 11.6 Å². The average Bonchev–Trinajstić information content (AvgIpc) is 2.99. The Labute approximate surface area is 129 Å². The summed E-state index contributed by atoms with van der Waals surface area (Å²) in [5.74, 6) is 0.925. The lowest BCUT2D eigenvalue weighted by atomic mass is 10.1. The third-order valence-electron chi connectivity index (χ3n) is 3.06. The van der Waals surface area contributed by atoms with E-state index in [0.29, 0.717) is 26.1 Å². The molecular formula is C16H19ClN2O2. The summed E-state index contributed by atoms with van der Waals surface area (Å²) in [7, 11) is 0. The highest BCUT2D eigenvalue weighted by Gasteiger charge is 2.01. The number of halogens is 1. The number of furan rings is 1. The fourth-order valence-corrected chi connectivity index (χ4v) is 2.04. The molecule has 0 radical (unpaired) electrons. The average molecular weight is 307 g/mol. The molecule has 0 aliphatic carbocycles. The number of hydrogen-bond acceptors (Lipinski definition) is 3. The van der Waals surface area contributed by atoms with Crippen molar-refractivity contribution in [1.29, 1.82) is 0 Å². The van der Waals surface area contributed by atoms with E-state index >= 15 is 0 Å². The highest BCUT2D eigenvalue weighted by Crippen LogP contribution is 2.09. The molecule has 1 amide bonds. The Morgan fingerprint density at radius 3 is 2.67 bits per heavy atom. The Morgan fingerprint density at radius 1 is 1.14 bits per heavy atom. The highest BCUT2D eigenvalue weighted by molar-refractivity contribution is 6.30. The topological polar surface area (TPSA) is 54.3 Å². The highest BCUT2D eigenvalue weighted by atomic mass is 35.5. The molecule has 0 aliphatic heterocycles. The molecule has 5 heteroatoms. The number of hydrogen-bond donors (Lipinski definition) is 2. The Bertz CT molecular complexity index is 538. The maximum Gasteiger partial charge on any atom is 0.221 e. The van der Waals surface area contributed by atoms with Gasteiger partial charge >= 0.3 is 0 Å². The summed E-state index contributed by atoms with van der Waals surface area (Å²) >= 11 is 5.82. The monoisotopic (exact) mass is 306 g/mol. The lowest BCUT2D eigenvalue weighted by Crippen LogP contribution is -2.29. The van der Waals surface area contributed by atoms with Crippen molar-refractivity contribution < 1.29 is 9.21 Å². The Kier molecular flexibility index (Phi) is 6.31. The van der Waals surface area contributed by atoms with Gasteiger partial charge in [-0.05, 0) is 36.2 Å². The molecule has 0 unspecified atom stereocenters. The van der Waals surface area contributed by atoms with Gasteiger partial charge in [-0.2, -0.15) is 0 Å². The van der Waals surface area contributed by atoms with Crippen LogP contribution in [0.3, 0.4) is 0 Å². The van der Waals surface area contributed by atoms with E-state index in [0.717, 1.165) is 22.8 Å². The second kappa shape index (κ2) is 8.49. The van der Waals surface area contributed by atoms with Crippen molar-refractivity contribution in [3.05, 3.63) is 59.0 Å². The van der Waals surface area contributed by atoms with Crippen LogP contribution in [0, 0.1) is 0 Å². The summed E-state index contributed by atoms with van der Waals surface area (Å²) < 4.78 is 5.19. The predicted octanol–water partition coefficient (Wildman–Crippen LogP) is 2.77. The van der Waals surface area contributed by atoms with Gasteiger partial charge in [-0.25, -0.2) is 0 Å². The maximum absolute atomic E-state index is 11.7. The molecule has 1 heterocycles. The standard InChI is InChI=1S/C16H19ClN2O2/c17-14-5-3-13(4-6-14)7-10-19-16(20)8-9-18-12-15-2-1-11-21-15/h1-6,11,18H,7-10,12H2,(H,19,20). The minimum atomic E-state index is 0.0518. The van der Waals surface area contributed by atoms with E-state index in [1.165, 1.54) is 0 Å². The van der Waals surface area contributed by atoms with E-state index in [4.69, 9.17) is 16.0 Å². The first kappa shape index (κ1) is 15.6. The van der Waals surface area contributed by atoms with Gasteiger partial charge in [0, 0.05) is 24.5 Å². The summed E-state index contributed by atoms with van der Waals surface area (Å²) in [6.07, 6.45) is 2.91. The third kappa shape index (κ3) is 6.02. The van der Waals surface area contributed by atoms with Crippen LogP contribution in [-0.4, -0.2) is 19.0 Å². The zero-order chi connectivity index (χ0) is 14.9. The van der Waals surface area contributed by atoms with Crippen molar-refractivity contribution in [2.24, 2.45) is 0 Å². The van der Waals surface area contributed by atoms with Gasteiger partial charge < -0.3 is 15.1 Å². The van der Waals surface area contributed by atoms with E-state index in [1.807, 2.05) is 36.4 Å². The van der Waals surface area contributed by atoms with Crippen LogP contribution in [0.15, 0.2) is 47.1 Å². The molecule has 21 heavy (non-hydrogen) atoms. The van der Waals surface area contributed by atoms with Crippen molar-refractivity contribution in [2.75, 3.05) is 13.1 Å². The first-order valence-electron chi connectivity index (χ1n) is 6.98. The van der Waals surface area contributed by atoms with Gasteiger partial charge in [-0.15, -0.1) is 0 Å². The molecule has 112 valence electrons. The predicted molar refractivity (Wildman–Crippen MR) is 83.2 cm³/mol. The summed E-state index contributed by atoms with van der Waals surface area (Å²) in [5, 5.41) is 6.80. The molecule has 2 rings (SSSR count). The Hall–Kier alpha value is -1.78. The number of amides is 1. The quantitative estimate of drug-likeness (QED) is 0.737. The summed E-state index contributed by atoms with van der Waals surface area (Å²) in [6, 6.07) is 11.4. The molecule has 0 saturated heterocycles.